The Labute approximate surface area is 150 Å². The van der Waals surface area contributed by atoms with Gasteiger partial charge in [0.15, 0.2) is 5.13 Å². The van der Waals surface area contributed by atoms with Gasteiger partial charge in [-0.25, -0.2) is 4.98 Å². The minimum atomic E-state index is -0.126. The predicted octanol–water partition coefficient (Wildman–Crippen LogP) is 3.24. The fourth-order valence-corrected chi connectivity index (χ4v) is 3.38. The molecule has 0 aliphatic heterocycles. The van der Waals surface area contributed by atoms with Crippen LogP contribution in [0.15, 0.2) is 36.5 Å². The third-order valence-corrected chi connectivity index (χ3v) is 4.69. The molecule has 0 radical (unpaired) electrons. The van der Waals surface area contributed by atoms with E-state index in [2.05, 4.69) is 20.6 Å². The molecule has 0 aliphatic carbocycles. The number of anilines is 1. The molecule has 25 heavy (non-hydrogen) atoms. The molecular weight excluding hydrogens is 336 g/mol. The molecule has 7 heteroatoms. The zero-order valence-corrected chi connectivity index (χ0v) is 15.0. The van der Waals surface area contributed by atoms with Gasteiger partial charge in [0, 0.05) is 18.1 Å². The van der Waals surface area contributed by atoms with E-state index in [0.29, 0.717) is 18.0 Å². The van der Waals surface area contributed by atoms with Gasteiger partial charge in [0.1, 0.15) is 22.8 Å². The van der Waals surface area contributed by atoms with Crippen LogP contribution >= 0.6 is 11.3 Å². The molecule has 0 spiro atoms. The lowest BCUT2D eigenvalue weighted by atomic mass is 10.2. The lowest BCUT2D eigenvalue weighted by molar-refractivity contribution is 0.0950. The normalized spacial score (nSPS) is 10.6. The van der Waals surface area contributed by atoms with Crippen molar-refractivity contribution in [1.29, 1.82) is 0 Å². The molecule has 0 atom stereocenters. The van der Waals surface area contributed by atoms with Gasteiger partial charge < -0.3 is 15.4 Å². The second-order valence-corrected chi connectivity index (χ2v) is 6.40. The van der Waals surface area contributed by atoms with E-state index in [1.165, 1.54) is 11.3 Å². The Morgan fingerprint density at radius 2 is 2.12 bits per heavy atom. The van der Waals surface area contributed by atoms with Crippen molar-refractivity contribution >= 4 is 33.3 Å². The minimum Gasteiger partial charge on any atom is -0.489 e. The lowest BCUT2D eigenvalue weighted by Crippen LogP contribution is -2.28. The number of ether oxygens (including phenoxy) is 1. The van der Waals surface area contributed by atoms with Crippen LogP contribution in [0.25, 0.3) is 10.9 Å². The Morgan fingerprint density at radius 3 is 2.96 bits per heavy atom. The number of amides is 1. The minimum absolute atomic E-state index is 0.126. The fraction of sp³-hybridized carbons (Fsp3) is 0.278. The highest BCUT2D eigenvalue weighted by Gasteiger charge is 2.14. The van der Waals surface area contributed by atoms with Crippen LogP contribution in [0.3, 0.4) is 0 Å². The fourth-order valence-electron chi connectivity index (χ4n) is 2.43. The highest BCUT2D eigenvalue weighted by atomic mass is 32.1. The number of pyridine rings is 1. The van der Waals surface area contributed by atoms with Crippen LogP contribution in [0.5, 0.6) is 5.75 Å². The molecule has 0 fully saturated rings. The van der Waals surface area contributed by atoms with Gasteiger partial charge in [-0.15, -0.1) is 0 Å². The third kappa shape index (κ3) is 4.06. The number of carbonyl (C=O) groups is 1. The molecule has 0 saturated heterocycles. The van der Waals surface area contributed by atoms with Gasteiger partial charge in [-0.3, -0.25) is 9.78 Å². The summed E-state index contributed by atoms with van der Waals surface area (Å²) in [6.45, 7) is 5.40. The Kier molecular flexibility index (Phi) is 5.45. The van der Waals surface area contributed by atoms with E-state index < -0.39 is 0 Å². The highest BCUT2D eigenvalue weighted by molar-refractivity contribution is 7.17. The maximum Gasteiger partial charge on any atom is 0.263 e. The van der Waals surface area contributed by atoms with E-state index in [1.54, 1.807) is 6.20 Å². The summed E-state index contributed by atoms with van der Waals surface area (Å²) in [7, 11) is 0. The van der Waals surface area contributed by atoms with Gasteiger partial charge in [-0.05, 0) is 26.0 Å². The number of thiazole rings is 1. The summed E-state index contributed by atoms with van der Waals surface area (Å²) >= 11 is 1.36. The van der Waals surface area contributed by atoms with E-state index in [9.17, 15) is 4.79 Å². The molecule has 2 aromatic heterocycles. The van der Waals surface area contributed by atoms with Crippen LogP contribution in [-0.2, 0) is 0 Å². The van der Waals surface area contributed by atoms with Crippen molar-refractivity contribution in [3.8, 4) is 5.75 Å². The maximum absolute atomic E-state index is 12.3. The van der Waals surface area contributed by atoms with E-state index in [4.69, 9.17) is 4.74 Å². The maximum atomic E-state index is 12.3. The van der Waals surface area contributed by atoms with Crippen LogP contribution in [0.4, 0.5) is 5.13 Å². The Morgan fingerprint density at radius 1 is 1.28 bits per heavy atom. The lowest BCUT2D eigenvalue weighted by Gasteiger charge is -2.09. The van der Waals surface area contributed by atoms with E-state index in [1.807, 2.05) is 44.2 Å². The summed E-state index contributed by atoms with van der Waals surface area (Å²) in [4.78, 5) is 21.6. The number of aryl methyl sites for hydroxylation is 1. The summed E-state index contributed by atoms with van der Waals surface area (Å²) in [6.07, 6.45) is 1.74. The molecule has 3 aromatic rings. The average Bonchev–Trinajstić information content (AvgIpc) is 2.99. The first-order valence-corrected chi connectivity index (χ1v) is 8.96. The van der Waals surface area contributed by atoms with Gasteiger partial charge in [-0.1, -0.05) is 29.5 Å². The van der Waals surface area contributed by atoms with Crippen molar-refractivity contribution in [3.63, 3.8) is 0 Å². The Bertz CT molecular complexity index is 873. The number of para-hydroxylation sites is 1. The number of fused-ring (bicyclic) bond motifs is 1. The van der Waals surface area contributed by atoms with Gasteiger partial charge in [0.25, 0.3) is 5.91 Å². The quantitative estimate of drug-likeness (QED) is 0.636. The second-order valence-electron chi connectivity index (χ2n) is 5.40. The standard InChI is InChI=1S/C18H20N4O2S/c1-3-19-18-22-12(2)16(25-18)17(23)21-10-11-24-14-8-4-6-13-7-5-9-20-15(13)14/h4-9H,3,10-11H2,1-2H3,(H,19,22)(H,21,23). The van der Waals surface area contributed by atoms with Gasteiger partial charge >= 0.3 is 0 Å². The highest BCUT2D eigenvalue weighted by Crippen LogP contribution is 2.23. The molecule has 0 aliphatic rings. The summed E-state index contributed by atoms with van der Waals surface area (Å²) < 4.78 is 5.78. The number of rotatable bonds is 7. The molecule has 0 saturated carbocycles. The topological polar surface area (TPSA) is 76.1 Å². The van der Waals surface area contributed by atoms with Gasteiger partial charge in [-0.2, -0.15) is 0 Å². The first-order valence-electron chi connectivity index (χ1n) is 8.15. The van der Waals surface area contributed by atoms with Crippen LogP contribution in [0.2, 0.25) is 0 Å². The number of hydrogen-bond acceptors (Lipinski definition) is 6. The van der Waals surface area contributed by atoms with Crippen LogP contribution < -0.4 is 15.4 Å². The van der Waals surface area contributed by atoms with E-state index in [0.717, 1.165) is 34.0 Å². The first-order chi connectivity index (χ1) is 12.2. The van der Waals surface area contributed by atoms with Crippen molar-refractivity contribution in [3.05, 3.63) is 47.1 Å². The largest absolute Gasteiger partial charge is 0.489 e. The number of carbonyl (C=O) groups excluding carboxylic acids is 1. The van der Waals surface area contributed by atoms with Gasteiger partial charge in [0.05, 0.1) is 12.2 Å². The third-order valence-electron chi connectivity index (χ3n) is 3.57. The zero-order valence-electron chi connectivity index (χ0n) is 14.2. The summed E-state index contributed by atoms with van der Waals surface area (Å²) in [6, 6.07) is 9.69. The van der Waals surface area contributed by atoms with Crippen molar-refractivity contribution < 1.29 is 9.53 Å². The number of nitrogens with one attached hydrogen (secondary N) is 2. The molecule has 2 heterocycles. The van der Waals surface area contributed by atoms with Crippen molar-refractivity contribution in [1.82, 2.24) is 15.3 Å². The number of nitrogens with zero attached hydrogens (tertiary/aromatic N) is 2. The van der Waals surface area contributed by atoms with Crippen LogP contribution in [-0.4, -0.2) is 35.6 Å². The average molecular weight is 356 g/mol. The molecule has 0 unspecified atom stereocenters. The summed E-state index contributed by atoms with van der Waals surface area (Å²) in [5, 5.41) is 7.79. The molecule has 1 aromatic carbocycles. The first kappa shape index (κ1) is 17.2. The number of aromatic nitrogens is 2. The van der Waals surface area contributed by atoms with Crippen LogP contribution in [0, 0.1) is 6.92 Å². The van der Waals surface area contributed by atoms with E-state index in [-0.39, 0.29) is 5.91 Å². The molecule has 6 nitrogen and oxygen atoms in total. The molecule has 3 rings (SSSR count). The molecule has 2 N–H and O–H groups in total. The smallest absolute Gasteiger partial charge is 0.263 e. The Hall–Kier alpha value is -2.67. The predicted molar refractivity (Wildman–Crippen MR) is 101 cm³/mol. The second kappa shape index (κ2) is 7.94. The summed E-state index contributed by atoms with van der Waals surface area (Å²) in [5.74, 6) is 0.592. The molecular formula is C18H20N4O2S. The van der Waals surface area contributed by atoms with Crippen molar-refractivity contribution in [2.24, 2.45) is 0 Å². The van der Waals surface area contributed by atoms with E-state index >= 15 is 0 Å². The molecule has 1 amide bonds. The Balaban J connectivity index is 1.55. The SMILES string of the molecule is CCNc1nc(C)c(C(=O)NCCOc2cccc3cccnc23)s1. The summed E-state index contributed by atoms with van der Waals surface area (Å²) in [5.41, 5.74) is 1.56. The zero-order chi connectivity index (χ0) is 17.6. The number of hydrogen-bond donors (Lipinski definition) is 2. The van der Waals surface area contributed by atoms with Crippen LogP contribution in [0.1, 0.15) is 22.3 Å². The van der Waals surface area contributed by atoms with Crippen molar-refractivity contribution in [2.45, 2.75) is 13.8 Å². The molecule has 130 valence electrons. The van der Waals surface area contributed by atoms with Gasteiger partial charge in [0.2, 0.25) is 0 Å². The molecule has 0 bridgehead atoms. The van der Waals surface area contributed by atoms with Crippen molar-refractivity contribution in [2.75, 3.05) is 25.0 Å². The monoisotopic (exact) mass is 356 g/mol. The number of benzene rings is 1.